The second-order valence-electron chi connectivity index (χ2n) is 6.58. The lowest BCUT2D eigenvalue weighted by Gasteiger charge is -2.07. The number of nitriles is 1. The van der Waals surface area contributed by atoms with Crippen molar-refractivity contribution in [3.05, 3.63) is 70.7 Å². The summed E-state index contributed by atoms with van der Waals surface area (Å²) in [6.45, 7) is 5.88. The van der Waals surface area contributed by atoms with Crippen molar-refractivity contribution in [3.8, 4) is 23.1 Å². The Balaban J connectivity index is 1.61. The monoisotopic (exact) mass is 436 g/mol. The summed E-state index contributed by atoms with van der Waals surface area (Å²) < 4.78 is 16.1. The summed E-state index contributed by atoms with van der Waals surface area (Å²) in [6.07, 6.45) is 1.45. The molecule has 2 aromatic heterocycles. The molecule has 0 amide bonds. The Morgan fingerprint density at radius 3 is 2.84 bits per heavy atom. The van der Waals surface area contributed by atoms with Gasteiger partial charge in [0.25, 0.3) is 0 Å². The van der Waals surface area contributed by atoms with Gasteiger partial charge in [-0.2, -0.15) is 17.0 Å². The number of carbonyl (C=O) groups is 1. The second-order valence-corrected chi connectivity index (χ2v) is 7.80. The molecule has 3 rings (SSSR count). The van der Waals surface area contributed by atoms with E-state index in [0.29, 0.717) is 63.8 Å². The molecule has 0 spiro atoms. The van der Waals surface area contributed by atoms with Gasteiger partial charge < -0.3 is 13.9 Å². The van der Waals surface area contributed by atoms with Crippen LogP contribution in [0.1, 0.15) is 12.5 Å². The molecule has 0 saturated carbocycles. The predicted octanol–water partition coefficient (Wildman–Crippen LogP) is 3.96. The molecule has 8 heteroatoms. The van der Waals surface area contributed by atoms with Crippen LogP contribution in [0.5, 0.6) is 5.88 Å². The van der Waals surface area contributed by atoms with E-state index in [1.165, 1.54) is 6.20 Å². The molecule has 158 valence electrons. The highest BCUT2D eigenvalue weighted by molar-refractivity contribution is 7.99. The third-order valence-electron chi connectivity index (χ3n) is 4.18. The van der Waals surface area contributed by atoms with E-state index in [2.05, 4.69) is 17.6 Å². The molecule has 0 saturated heterocycles. The van der Waals surface area contributed by atoms with Gasteiger partial charge in [0, 0.05) is 28.5 Å². The second kappa shape index (κ2) is 10.5. The van der Waals surface area contributed by atoms with Crippen molar-refractivity contribution in [1.82, 2.24) is 4.98 Å². The maximum atomic E-state index is 12.3. The molecule has 7 nitrogen and oxygen atoms in total. The van der Waals surface area contributed by atoms with Gasteiger partial charge in [-0.1, -0.05) is 18.7 Å². The van der Waals surface area contributed by atoms with Gasteiger partial charge in [-0.3, -0.25) is 0 Å². The zero-order valence-electron chi connectivity index (χ0n) is 16.9. The Morgan fingerprint density at radius 1 is 1.26 bits per heavy atom. The molecule has 0 bridgehead atoms. The third-order valence-corrected chi connectivity index (χ3v) is 5.10. The fourth-order valence-corrected chi connectivity index (χ4v) is 3.27. The van der Waals surface area contributed by atoms with Crippen LogP contribution in [0.2, 0.25) is 0 Å². The number of benzene rings is 1. The molecule has 0 fully saturated rings. The summed E-state index contributed by atoms with van der Waals surface area (Å²) in [7, 11) is 0. The summed E-state index contributed by atoms with van der Waals surface area (Å²) in [4.78, 5) is 27.8. The van der Waals surface area contributed by atoms with Crippen LogP contribution in [0.3, 0.4) is 0 Å². The molecule has 3 aromatic rings. The van der Waals surface area contributed by atoms with E-state index in [1.54, 1.807) is 55.1 Å². The number of fused-ring (bicyclic) bond motifs is 1. The zero-order chi connectivity index (χ0) is 22.2. The van der Waals surface area contributed by atoms with E-state index in [1.807, 2.05) is 0 Å². The normalized spacial score (nSPS) is 10.5. The summed E-state index contributed by atoms with van der Waals surface area (Å²) in [6, 6.07) is 12.3. The van der Waals surface area contributed by atoms with E-state index in [9.17, 15) is 9.59 Å². The topological polar surface area (TPSA) is 102 Å². The molecule has 1 aromatic carbocycles. The van der Waals surface area contributed by atoms with Gasteiger partial charge in [-0.05, 0) is 30.7 Å². The van der Waals surface area contributed by atoms with E-state index >= 15 is 0 Å². The quantitative estimate of drug-likeness (QED) is 0.282. The first-order chi connectivity index (χ1) is 15.0. The summed E-state index contributed by atoms with van der Waals surface area (Å²) in [5, 5.41) is 9.75. The molecule has 0 aliphatic carbocycles. The number of hydrogen-bond acceptors (Lipinski definition) is 8. The molecular formula is C23H20N2O5S. The summed E-state index contributed by atoms with van der Waals surface area (Å²) in [5.41, 5.74) is 1.67. The van der Waals surface area contributed by atoms with E-state index in [4.69, 9.17) is 19.2 Å². The fraction of sp³-hybridized carbons (Fsp3) is 0.217. The molecule has 31 heavy (non-hydrogen) atoms. The predicted molar refractivity (Wildman–Crippen MR) is 119 cm³/mol. The van der Waals surface area contributed by atoms with Gasteiger partial charge >= 0.3 is 11.6 Å². The van der Waals surface area contributed by atoms with Crippen molar-refractivity contribution in [2.24, 2.45) is 0 Å². The van der Waals surface area contributed by atoms with Gasteiger partial charge in [-0.25, -0.2) is 14.6 Å². The summed E-state index contributed by atoms with van der Waals surface area (Å²) in [5.74, 6) is 1.37. The average Bonchev–Trinajstić information content (AvgIpc) is 2.77. The molecule has 2 heterocycles. The smallest absolute Gasteiger partial charge is 0.344 e. The first kappa shape index (κ1) is 22.1. The number of pyridine rings is 1. The maximum absolute atomic E-state index is 12.3. The van der Waals surface area contributed by atoms with Crippen molar-refractivity contribution in [3.63, 3.8) is 0 Å². The minimum Gasteiger partial charge on any atom is -0.477 e. The molecular weight excluding hydrogens is 416 g/mol. The van der Waals surface area contributed by atoms with Crippen LogP contribution < -0.4 is 10.4 Å². The first-order valence-corrected chi connectivity index (χ1v) is 10.6. The minimum atomic E-state index is -0.498. The highest BCUT2D eigenvalue weighted by Crippen LogP contribution is 2.23. The standard InChI is InChI=1S/C23H20N2O5S/c1-15(2)22(26)29-7-9-31-8-6-28-21-12-18-11-19(23(27)30-20(18)14-25-21)17-5-3-4-16(10-17)13-24/h3-5,10-12,14H,1,6-9H2,2H3. The molecule has 0 unspecified atom stereocenters. The first-order valence-electron chi connectivity index (χ1n) is 9.45. The van der Waals surface area contributed by atoms with Crippen molar-refractivity contribution < 1.29 is 18.7 Å². The fourth-order valence-electron chi connectivity index (χ4n) is 2.67. The van der Waals surface area contributed by atoms with Gasteiger partial charge in [0.1, 0.15) is 6.61 Å². The molecule has 0 N–H and O–H groups in total. The number of esters is 1. The number of ether oxygens (including phenoxy) is 2. The van der Waals surface area contributed by atoms with Crippen LogP contribution in [-0.4, -0.2) is 35.7 Å². The van der Waals surface area contributed by atoms with E-state index < -0.39 is 5.63 Å². The Hall–Kier alpha value is -3.57. The van der Waals surface area contributed by atoms with Crippen LogP contribution in [0.25, 0.3) is 22.1 Å². The Kier molecular flexibility index (Phi) is 7.46. The van der Waals surface area contributed by atoms with Crippen molar-refractivity contribution in [2.45, 2.75) is 6.92 Å². The van der Waals surface area contributed by atoms with Gasteiger partial charge in [0.2, 0.25) is 5.88 Å². The van der Waals surface area contributed by atoms with Gasteiger partial charge in [0.15, 0.2) is 5.58 Å². The lowest BCUT2D eigenvalue weighted by atomic mass is 10.0. The number of carbonyl (C=O) groups excluding carboxylic acids is 1. The number of rotatable bonds is 9. The van der Waals surface area contributed by atoms with Gasteiger partial charge in [-0.15, -0.1) is 0 Å². The number of aromatic nitrogens is 1. The number of thioether (sulfide) groups is 1. The van der Waals surface area contributed by atoms with Crippen LogP contribution in [-0.2, 0) is 9.53 Å². The maximum Gasteiger partial charge on any atom is 0.344 e. The third kappa shape index (κ3) is 5.96. The van der Waals surface area contributed by atoms with Crippen LogP contribution >= 0.6 is 11.8 Å². The van der Waals surface area contributed by atoms with Crippen molar-refractivity contribution in [1.29, 1.82) is 5.26 Å². The molecule has 0 radical (unpaired) electrons. The lowest BCUT2D eigenvalue weighted by molar-refractivity contribution is -0.138. The number of hydrogen-bond donors (Lipinski definition) is 0. The van der Waals surface area contributed by atoms with E-state index in [-0.39, 0.29) is 5.97 Å². The zero-order valence-corrected chi connectivity index (χ0v) is 17.7. The Bertz CT molecular complexity index is 1210. The van der Waals surface area contributed by atoms with Crippen LogP contribution in [0.15, 0.2) is 64.0 Å². The minimum absolute atomic E-state index is 0.319. The highest BCUT2D eigenvalue weighted by atomic mass is 32.2. The molecule has 0 aliphatic rings. The number of nitrogens with zero attached hydrogens (tertiary/aromatic N) is 2. The van der Waals surface area contributed by atoms with E-state index in [0.717, 1.165) is 0 Å². The molecule has 0 atom stereocenters. The largest absolute Gasteiger partial charge is 0.477 e. The van der Waals surface area contributed by atoms with Crippen molar-refractivity contribution in [2.75, 3.05) is 24.7 Å². The lowest BCUT2D eigenvalue weighted by Crippen LogP contribution is -2.09. The molecule has 0 aliphatic heterocycles. The van der Waals surface area contributed by atoms with Crippen LogP contribution in [0.4, 0.5) is 0 Å². The Labute approximate surface area is 183 Å². The van der Waals surface area contributed by atoms with Gasteiger partial charge in [0.05, 0.1) is 30.0 Å². The highest BCUT2D eigenvalue weighted by Gasteiger charge is 2.10. The van der Waals surface area contributed by atoms with Crippen molar-refractivity contribution >= 4 is 28.7 Å². The average molecular weight is 436 g/mol. The Morgan fingerprint density at radius 2 is 2.06 bits per heavy atom. The SMILES string of the molecule is C=C(C)C(=O)OCCSCCOc1cc2cc(-c3cccc(C#N)c3)c(=O)oc2cn1. The summed E-state index contributed by atoms with van der Waals surface area (Å²) >= 11 is 1.59. The van der Waals surface area contributed by atoms with Crippen LogP contribution in [0, 0.1) is 11.3 Å².